The number of hydrogen-bond acceptors (Lipinski definition) is 8. The van der Waals surface area contributed by atoms with Gasteiger partial charge >= 0.3 is 5.97 Å². The predicted octanol–water partition coefficient (Wildman–Crippen LogP) is 6.01. The third-order valence-corrected chi connectivity index (χ3v) is 9.40. The summed E-state index contributed by atoms with van der Waals surface area (Å²) in [6.45, 7) is 2.19. The molecule has 0 aliphatic carbocycles. The highest BCUT2D eigenvalue weighted by atomic mass is 16.6. The lowest BCUT2D eigenvalue weighted by atomic mass is 9.99. The highest BCUT2D eigenvalue weighted by Gasteiger charge is 2.40. The molecule has 0 radical (unpaired) electrons. The minimum absolute atomic E-state index is 0.00121. The Bertz CT molecular complexity index is 773. The Morgan fingerprint density at radius 1 is 0.690 bits per heavy atom. The van der Waals surface area contributed by atoms with Crippen LogP contribution in [0.4, 0.5) is 0 Å². The van der Waals surface area contributed by atoms with Gasteiger partial charge in [0.1, 0.15) is 0 Å². The van der Waals surface area contributed by atoms with E-state index in [1.54, 1.807) is 0 Å². The third-order valence-electron chi connectivity index (χ3n) is 9.40. The lowest BCUT2D eigenvalue weighted by Crippen LogP contribution is -2.33. The Balaban J connectivity index is 1.16. The summed E-state index contributed by atoms with van der Waals surface area (Å²) < 4.78 is 17.2. The molecule has 0 aromatic heterocycles. The number of unbranched alkanes of at least 4 members (excludes halogenated alkanes) is 10. The molecule has 3 heterocycles. The normalized spacial score (nSPS) is 28.2. The number of hydrogen-bond donors (Lipinski definition) is 4. The van der Waals surface area contributed by atoms with Crippen molar-refractivity contribution in [3.05, 3.63) is 11.6 Å². The highest BCUT2D eigenvalue weighted by molar-refractivity contribution is 5.90. The van der Waals surface area contributed by atoms with Gasteiger partial charge in [-0.15, -0.1) is 0 Å². The Morgan fingerprint density at radius 2 is 1.19 bits per heavy atom. The molecule has 2 saturated heterocycles. The fraction of sp³-hybridized carbons (Fsp3) is 0.912. The lowest BCUT2D eigenvalue weighted by Gasteiger charge is -2.24. The van der Waals surface area contributed by atoms with Gasteiger partial charge in [0.05, 0.1) is 42.7 Å². The molecule has 0 unspecified atom stereocenters. The van der Waals surface area contributed by atoms with E-state index in [-0.39, 0.29) is 36.5 Å². The van der Waals surface area contributed by atoms with Crippen LogP contribution in [0, 0.1) is 0 Å². The second kappa shape index (κ2) is 20.1. The largest absolute Gasteiger partial charge is 0.429 e. The number of aliphatic hydroxyl groups is 4. The van der Waals surface area contributed by atoms with E-state index >= 15 is 0 Å². The molecule has 3 aliphatic rings. The molecule has 3 aliphatic heterocycles. The fourth-order valence-corrected chi connectivity index (χ4v) is 6.75. The number of carbonyl (C=O) groups excluding carboxylic acids is 1. The maximum Gasteiger partial charge on any atom is 0.336 e. The molecule has 8 nitrogen and oxygen atoms in total. The summed E-state index contributed by atoms with van der Waals surface area (Å²) in [6.07, 6.45) is 20.6. The van der Waals surface area contributed by atoms with Crippen LogP contribution in [0.1, 0.15) is 148 Å². The van der Waals surface area contributed by atoms with Gasteiger partial charge in [-0.25, -0.2) is 4.79 Å². The van der Waals surface area contributed by atoms with E-state index in [1.807, 2.05) is 0 Å². The van der Waals surface area contributed by atoms with Gasteiger partial charge in [-0.3, -0.25) is 0 Å². The van der Waals surface area contributed by atoms with E-state index < -0.39 is 18.5 Å². The summed E-state index contributed by atoms with van der Waals surface area (Å²) in [5.74, 6) is -0.383. The second-order valence-electron chi connectivity index (χ2n) is 13.0. The Morgan fingerprint density at radius 3 is 1.76 bits per heavy atom. The molecular formula is C34H60O8. The van der Waals surface area contributed by atoms with Gasteiger partial charge in [0.15, 0.2) is 0 Å². The van der Waals surface area contributed by atoms with E-state index in [2.05, 4.69) is 6.92 Å². The van der Waals surface area contributed by atoms with Crippen molar-refractivity contribution >= 4 is 5.97 Å². The summed E-state index contributed by atoms with van der Waals surface area (Å²) in [5, 5.41) is 40.9. The van der Waals surface area contributed by atoms with E-state index in [1.165, 1.54) is 44.6 Å². The Hall–Kier alpha value is -1.03. The SMILES string of the molecule is CCCCCC[C@H](O)CCC[C@H](O)[C@H]1CC[C@H]([C@H]2CC[C@H]([C@H](O)CCCCCCCCCCC3=C[C@H](O)OC3=O)O2)O1. The lowest BCUT2D eigenvalue weighted by molar-refractivity contribution is -0.151. The maximum atomic E-state index is 11.5. The van der Waals surface area contributed by atoms with Crippen LogP contribution < -0.4 is 0 Å². The molecule has 0 aromatic rings. The molecule has 0 spiro atoms. The first-order valence-electron chi connectivity index (χ1n) is 17.3. The van der Waals surface area contributed by atoms with Crippen molar-refractivity contribution in [3.8, 4) is 0 Å². The quantitative estimate of drug-likeness (QED) is 0.0835. The van der Waals surface area contributed by atoms with Crippen molar-refractivity contribution in [3.63, 3.8) is 0 Å². The third kappa shape index (κ3) is 12.9. The molecule has 0 saturated carbocycles. The number of aliphatic hydroxyl groups excluding tert-OH is 4. The molecule has 0 amide bonds. The molecule has 3 rings (SSSR count). The van der Waals surface area contributed by atoms with Crippen molar-refractivity contribution in [2.45, 2.75) is 197 Å². The molecule has 2 fully saturated rings. The van der Waals surface area contributed by atoms with Crippen molar-refractivity contribution in [2.75, 3.05) is 0 Å². The standard InChI is InChI=1S/C34H60O8/c1-2-3-4-12-16-26(35)17-14-19-28(37)30-21-23-32(41-30)31-22-20-29(40-31)27(36)18-13-10-8-6-5-7-9-11-15-25-24-33(38)42-34(25)39/h24,26-33,35-38H,2-23H2,1H3/t26-,27+,28-,29+,30+,31+,32+,33+/m0/s1. The molecule has 244 valence electrons. The zero-order valence-electron chi connectivity index (χ0n) is 26.2. The summed E-state index contributed by atoms with van der Waals surface area (Å²) in [5.41, 5.74) is 0.601. The minimum atomic E-state index is -1.06. The monoisotopic (exact) mass is 596 g/mol. The smallest absolute Gasteiger partial charge is 0.336 e. The summed E-state index contributed by atoms with van der Waals surface area (Å²) in [6, 6.07) is 0. The number of esters is 1. The maximum absolute atomic E-state index is 11.5. The molecule has 0 aromatic carbocycles. The van der Waals surface area contributed by atoms with Gasteiger partial charge < -0.3 is 34.6 Å². The van der Waals surface area contributed by atoms with Crippen LogP contribution in [-0.4, -0.2) is 75.4 Å². The molecule has 0 bridgehead atoms. The van der Waals surface area contributed by atoms with Crippen LogP contribution >= 0.6 is 0 Å². The van der Waals surface area contributed by atoms with E-state index in [4.69, 9.17) is 14.2 Å². The van der Waals surface area contributed by atoms with Gasteiger partial charge in [0.2, 0.25) is 6.29 Å². The highest BCUT2D eigenvalue weighted by Crippen LogP contribution is 2.34. The van der Waals surface area contributed by atoms with Crippen molar-refractivity contribution in [1.29, 1.82) is 0 Å². The predicted molar refractivity (Wildman–Crippen MR) is 163 cm³/mol. The second-order valence-corrected chi connectivity index (χ2v) is 13.0. The Kier molecular flexibility index (Phi) is 17.0. The first-order valence-corrected chi connectivity index (χ1v) is 17.3. The summed E-state index contributed by atoms with van der Waals surface area (Å²) in [7, 11) is 0. The van der Waals surface area contributed by atoms with E-state index in [0.717, 1.165) is 89.9 Å². The topological polar surface area (TPSA) is 126 Å². The van der Waals surface area contributed by atoms with E-state index in [0.29, 0.717) is 18.4 Å². The van der Waals surface area contributed by atoms with Crippen LogP contribution in [0.2, 0.25) is 0 Å². The number of rotatable bonds is 23. The van der Waals surface area contributed by atoms with Crippen LogP contribution in [0.15, 0.2) is 11.6 Å². The average Bonchev–Trinajstić information content (AvgIpc) is 3.72. The molecular weight excluding hydrogens is 536 g/mol. The van der Waals surface area contributed by atoms with Crippen LogP contribution in [0.5, 0.6) is 0 Å². The summed E-state index contributed by atoms with van der Waals surface area (Å²) in [4.78, 5) is 11.5. The fourth-order valence-electron chi connectivity index (χ4n) is 6.75. The summed E-state index contributed by atoms with van der Waals surface area (Å²) >= 11 is 0. The van der Waals surface area contributed by atoms with Gasteiger partial charge in [-0.1, -0.05) is 77.6 Å². The molecule has 42 heavy (non-hydrogen) atoms. The average molecular weight is 597 g/mol. The number of carbonyl (C=O) groups is 1. The van der Waals surface area contributed by atoms with Crippen molar-refractivity contribution in [1.82, 2.24) is 0 Å². The van der Waals surface area contributed by atoms with Gasteiger partial charge in [0.25, 0.3) is 0 Å². The minimum Gasteiger partial charge on any atom is -0.429 e. The molecule has 8 atom stereocenters. The molecule has 8 heteroatoms. The zero-order chi connectivity index (χ0) is 30.2. The molecule has 4 N–H and O–H groups in total. The zero-order valence-corrected chi connectivity index (χ0v) is 26.2. The Labute approximate surface area is 254 Å². The van der Waals surface area contributed by atoms with Crippen LogP contribution in [0.3, 0.4) is 0 Å². The number of ether oxygens (including phenoxy) is 3. The van der Waals surface area contributed by atoms with Crippen molar-refractivity contribution in [2.24, 2.45) is 0 Å². The van der Waals surface area contributed by atoms with Gasteiger partial charge in [-0.05, 0) is 76.7 Å². The van der Waals surface area contributed by atoms with Crippen molar-refractivity contribution < 1.29 is 39.4 Å². The number of cyclic esters (lactones) is 1. The van der Waals surface area contributed by atoms with Crippen LogP contribution in [-0.2, 0) is 19.0 Å². The van der Waals surface area contributed by atoms with Gasteiger partial charge in [-0.2, -0.15) is 0 Å². The first kappa shape index (κ1) is 35.4. The van der Waals surface area contributed by atoms with E-state index in [9.17, 15) is 25.2 Å². The first-order chi connectivity index (χ1) is 20.4. The van der Waals surface area contributed by atoms with Crippen LogP contribution in [0.25, 0.3) is 0 Å². The van der Waals surface area contributed by atoms with Gasteiger partial charge in [0, 0.05) is 5.57 Å².